The smallest absolute Gasteiger partial charge is 0.136 e. The molecule has 0 aromatic carbocycles. The van der Waals surface area contributed by atoms with E-state index in [1.165, 1.54) is 0 Å². The van der Waals surface area contributed by atoms with Gasteiger partial charge in [0.15, 0.2) is 0 Å². The molecule has 1 fully saturated rings. The van der Waals surface area contributed by atoms with Crippen LogP contribution in [0.15, 0.2) is 0 Å². The number of nitrogens with zero attached hydrogens (tertiary/aromatic N) is 2. The molecule has 94 valence electrons. The minimum Gasteiger partial charge on any atom is -0.381 e. The van der Waals surface area contributed by atoms with Gasteiger partial charge in [-0.25, -0.2) is 9.97 Å². The van der Waals surface area contributed by atoms with E-state index in [0.29, 0.717) is 5.92 Å². The van der Waals surface area contributed by atoms with Crippen molar-refractivity contribution in [1.82, 2.24) is 9.97 Å². The van der Waals surface area contributed by atoms with Crippen molar-refractivity contribution in [3.8, 4) is 0 Å². The van der Waals surface area contributed by atoms with Crippen molar-refractivity contribution in [1.29, 1.82) is 0 Å². The fourth-order valence-electron chi connectivity index (χ4n) is 1.99. The molecule has 0 radical (unpaired) electrons. The van der Waals surface area contributed by atoms with Crippen molar-refractivity contribution in [3.63, 3.8) is 0 Å². The summed E-state index contributed by atoms with van der Waals surface area (Å²) in [5.41, 5.74) is 2.22. The predicted octanol–water partition coefficient (Wildman–Crippen LogP) is 2.42. The van der Waals surface area contributed by atoms with Crippen LogP contribution in [0.1, 0.15) is 42.8 Å². The van der Waals surface area contributed by atoms with Gasteiger partial charge < -0.3 is 10.1 Å². The molecule has 0 spiro atoms. The molecule has 4 heteroatoms. The molecule has 2 heterocycles. The number of hydrogen-bond acceptors (Lipinski definition) is 4. The minimum atomic E-state index is 0.372. The zero-order chi connectivity index (χ0) is 12.3. The molecule has 1 aliphatic rings. The Balaban J connectivity index is 2.24. The molecule has 1 aliphatic heterocycles. The summed E-state index contributed by atoms with van der Waals surface area (Å²) in [6.45, 7) is 8.82. The first kappa shape index (κ1) is 12.3. The first-order valence-electron chi connectivity index (χ1n) is 6.39. The molecule has 4 nitrogen and oxygen atoms in total. The average Bonchev–Trinajstić information content (AvgIpc) is 2.84. The molecule has 1 aromatic rings. The molecule has 1 saturated heterocycles. The van der Waals surface area contributed by atoms with E-state index >= 15 is 0 Å². The Hall–Kier alpha value is -1.16. The van der Waals surface area contributed by atoms with E-state index in [1.807, 2.05) is 6.92 Å². The number of nitrogens with one attached hydrogen (secondary N) is 1. The Morgan fingerprint density at radius 1 is 1.35 bits per heavy atom. The van der Waals surface area contributed by atoms with Crippen LogP contribution in [0.5, 0.6) is 0 Å². The number of ether oxygens (including phenoxy) is 1. The summed E-state index contributed by atoms with van der Waals surface area (Å²) in [6.07, 6.45) is 2.14. The maximum atomic E-state index is 5.40. The maximum absolute atomic E-state index is 5.40. The van der Waals surface area contributed by atoms with Gasteiger partial charge >= 0.3 is 0 Å². The van der Waals surface area contributed by atoms with E-state index < -0.39 is 0 Å². The first-order valence-corrected chi connectivity index (χ1v) is 6.39. The van der Waals surface area contributed by atoms with E-state index in [4.69, 9.17) is 4.74 Å². The topological polar surface area (TPSA) is 47.0 Å². The summed E-state index contributed by atoms with van der Waals surface area (Å²) >= 11 is 0. The van der Waals surface area contributed by atoms with Gasteiger partial charge in [0.2, 0.25) is 0 Å². The van der Waals surface area contributed by atoms with Gasteiger partial charge in [0.25, 0.3) is 0 Å². The van der Waals surface area contributed by atoms with Crippen molar-refractivity contribution in [2.45, 2.75) is 39.5 Å². The average molecular weight is 235 g/mol. The van der Waals surface area contributed by atoms with E-state index in [9.17, 15) is 0 Å². The third kappa shape index (κ3) is 2.75. The van der Waals surface area contributed by atoms with Crippen LogP contribution in [0.3, 0.4) is 0 Å². The lowest BCUT2D eigenvalue weighted by Gasteiger charge is -2.14. The van der Waals surface area contributed by atoms with Crippen LogP contribution in [-0.4, -0.2) is 29.7 Å². The van der Waals surface area contributed by atoms with Gasteiger partial charge in [-0.2, -0.15) is 0 Å². The third-order valence-corrected chi connectivity index (χ3v) is 3.24. The molecule has 0 saturated carbocycles. The van der Waals surface area contributed by atoms with Gasteiger partial charge in [0.1, 0.15) is 11.6 Å². The summed E-state index contributed by atoms with van der Waals surface area (Å²) in [5.74, 6) is 2.29. The number of aryl methyl sites for hydroxylation is 1. The highest BCUT2D eigenvalue weighted by atomic mass is 16.5. The molecular formula is C13H21N3O. The summed E-state index contributed by atoms with van der Waals surface area (Å²) < 4.78 is 5.40. The van der Waals surface area contributed by atoms with Crippen LogP contribution >= 0.6 is 0 Å². The van der Waals surface area contributed by atoms with E-state index in [1.54, 1.807) is 0 Å². The molecule has 1 N–H and O–H groups in total. The monoisotopic (exact) mass is 235 g/mol. The summed E-state index contributed by atoms with van der Waals surface area (Å²) in [7, 11) is 0. The first-order chi connectivity index (χ1) is 8.22. The van der Waals surface area contributed by atoms with E-state index in [0.717, 1.165) is 55.5 Å². The lowest BCUT2D eigenvalue weighted by Crippen LogP contribution is -2.12. The third-order valence-electron chi connectivity index (χ3n) is 3.24. The zero-order valence-electron chi connectivity index (χ0n) is 10.9. The quantitative estimate of drug-likeness (QED) is 0.870. The molecule has 1 atom stereocenters. The van der Waals surface area contributed by atoms with Gasteiger partial charge in [0, 0.05) is 30.3 Å². The second kappa shape index (κ2) is 5.45. The van der Waals surface area contributed by atoms with Crippen LogP contribution in [0, 0.1) is 13.8 Å². The number of hydrogen-bond donors (Lipinski definition) is 1. The van der Waals surface area contributed by atoms with Gasteiger partial charge in [0.05, 0.1) is 6.61 Å². The van der Waals surface area contributed by atoms with Crippen LogP contribution in [0.25, 0.3) is 0 Å². The molecular weight excluding hydrogens is 214 g/mol. The second-order valence-electron chi connectivity index (χ2n) is 4.63. The largest absolute Gasteiger partial charge is 0.381 e. The van der Waals surface area contributed by atoms with Crippen LogP contribution in [0.4, 0.5) is 5.82 Å². The Morgan fingerprint density at radius 3 is 2.82 bits per heavy atom. The van der Waals surface area contributed by atoms with Crippen molar-refractivity contribution in [2.24, 2.45) is 0 Å². The number of anilines is 1. The molecule has 0 bridgehead atoms. The lowest BCUT2D eigenvalue weighted by molar-refractivity contribution is 0.193. The summed E-state index contributed by atoms with van der Waals surface area (Å²) in [6, 6.07) is 0. The zero-order valence-corrected chi connectivity index (χ0v) is 10.9. The highest BCUT2D eigenvalue weighted by Crippen LogP contribution is 2.25. The molecule has 1 unspecified atom stereocenters. The highest BCUT2D eigenvalue weighted by Gasteiger charge is 2.22. The number of aromatic nitrogens is 2. The molecule has 17 heavy (non-hydrogen) atoms. The molecule has 0 amide bonds. The van der Waals surface area contributed by atoms with E-state index in [2.05, 4.69) is 29.1 Å². The lowest BCUT2D eigenvalue weighted by atomic mass is 10.1. The second-order valence-corrected chi connectivity index (χ2v) is 4.63. The predicted molar refractivity (Wildman–Crippen MR) is 68.5 cm³/mol. The molecule has 0 aliphatic carbocycles. The Morgan fingerprint density at radius 2 is 2.18 bits per heavy atom. The van der Waals surface area contributed by atoms with Crippen molar-refractivity contribution in [2.75, 3.05) is 25.1 Å². The Kier molecular flexibility index (Phi) is 3.94. The molecule has 1 aromatic heterocycles. The SMILES string of the molecule is CCCNc1nc(C2CCOC2)nc(C)c1C. The summed E-state index contributed by atoms with van der Waals surface area (Å²) in [4.78, 5) is 9.24. The minimum absolute atomic E-state index is 0.372. The van der Waals surface area contributed by atoms with Crippen molar-refractivity contribution >= 4 is 5.82 Å². The van der Waals surface area contributed by atoms with Gasteiger partial charge in [-0.1, -0.05) is 6.92 Å². The van der Waals surface area contributed by atoms with Crippen molar-refractivity contribution < 1.29 is 4.74 Å². The molecule has 2 rings (SSSR count). The summed E-state index contributed by atoms with van der Waals surface area (Å²) in [5, 5.41) is 3.38. The van der Waals surface area contributed by atoms with Crippen molar-refractivity contribution in [3.05, 3.63) is 17.1 Å². The Bertz CT molecular complexity index is 386. The van der Waals surface area contributed by atoms with E-state index in [-0.39, 0.29) is 0 Å². The van der Waals surface area contributed by atoms with Gasteiger partial charge in [-0.05, 0) is 26.7 Å². The fraction of sp³-hybridized carbons (Fsp3) is 0.692. The Labute approximate surface area is 103 Å². The highest BCUT2D eigenvalue weighted by molar-refractivity contribution is 5.45. The maximum Gasteiger partial charge on any atom is 0.136 e. The number of rotatable bonds is 4. The van der Waals surface area contributed by atoms with Crippen LogP contribution in [-0.2, 0) is 4.74 Å². The standard InChI is InChI=1S/C13H21N3O/c1-4-6-14-12-9(2)10(3)15-13(16-12)11-5-7-17-8-11/h11H,4-8H2,1-3H3,(H,14,15,16). The van der Waals surface area contributed by atoms with Crippen LogP contribution < -0.4 is 5.32 Å². The van der Waals surface area contributed by atoms with Gasteiger partial charge in [-0.15, -0.1) is 0 Å². The fourth-order valence-corrected chi connectivity index (χ4v) is 1.99. The van der Waals surface area contributed by atoms with Gasteiger partial charge in [-0.3, -0.25) is 0 Å². The van der Waals surface area contributed by atoms with Crippen LogP contribution in [0.2, 0.25) is 0 Å². The normalized spacial score (nSPS) is 19.6.